The summed E-state index contributed by atoms with van der Waals surface area (Å²) >= 11 is 0. The van der Waals surface area contributed by atoms with Gasteiger partial charge in [-0.2, -0.15) is 0 Å². The molecule has 0 fully saturated rings. The van der Waals surface area contributed by atoms with Gasteiger partial charge in [0.15, 0.2) is 0 Å². The number of rotatable bonds is 4. The van der Waals surface area contributed by atoms with E-state index in [2.05, 4.69) is 15.0 Å². The van der Waals surface area contributed by atoms with Crippen LogP contribution >= 0.6 is 0 Å². The van der Waals surface area contributed by atoms with E-state index in [9.17, 15) is 4.79 Å². The van der Waals surface area contributed by atoms with Crippen molar-refractivity contribution in [2.45, 2.75) is 13.5 Å². The van der Waals surface area contributed by atoms with Crippen LogP contribution in [-0.4, -0.2) is 24.6 Å². The molecule has 0 saturated carbocycles. The first-order chi connectivity index (χ1) is 6.27. The van der Waals surface area contributed by atoms with Crippen molar-refractivity contribution in [2.24, 2.45) is 0 Å². The number of aromatic amines is 1. The van der Waals surface area contributed by atoms with Gasteiger partial charge < -0.3 is 15.0 Å². The number of esters is 1. The smallest absolute Gasteiger partial charge is 0.354 e. The highest BCUT2D eigenvalue weighted by Gasteiger charge is 2.06. The van der Waals surface area contributed by atoms with Crippen LogP contribution in [0.1, 0.15) is 23.1 Å². The van der Waals surface area contributed by atoms with Crippen molar-refractivity contribution in [3.05, 3.63) is 23.5 Å². The zero-order valence-corrected chi connectivity index (χ0v) is 7.89. The van der Waals surface area contributed by atoms with Gasteiger partial charge in [0.2, 0.25) is 0 Å². The molecule has 72 valence electrons. The molecular weight excluding hydrogens is 168 g/mol. The Morgan fingerprint density at radius 3 is 3.00 bits per heavy atom. The lowest BCUT2D eigenvalue weighted by Crippen LogP contribution is -2.12. The molecule has 0 amide bonds. The van der Waals surface area contributed by atoms with E-state index in [1.807, 2.05) is 13.0 Å². The molecule has 0 aliphatic heterocycles. The monoisotopic (exact) mass is 182 g/mol. The molecule has 13 heavy (non-hydrogen) atoms. The topological polar surface area (TPSA) is 54.1 Å². The maximum atomic E-state index is 11.0. The van der Waals surface area contributed by atoms with E-state index in [4.69, 9.17) is 0 Å². The van der Waals surface area contributed by atoms with Crippen molar-refractivity contribution in [1.82, 2.24) is 10.3 Å². The van der Waals surface area contributed by atoms with Gasteiger partial charge in [-0.15, -0.1) is 0 Å². The van der Waals surface area contributed by atoms with E-state index in [0.29, 0.717) is 5.69 Å². The molecule has 0 aromatic carbocycles. The summed E-state index contributed by atoms with van der Waals surface area (Å²) in [6.45, 7) is 3.68. The Balaban J connectivity index is 2.58. The van der Waals surface area contributed by atoms with Crippen LogP contribution in [0.2, 0.25) is 0 Å². The third-order valence-electron chi connectivity index (χ3n) is 1.72. The molecule has 0 aliphatic carbocycles. The lowest BCUT2D eigenvalue weighted by Gasteiger charge is -1.98. The van der Waals surface area contributed by atoms with Gasteiger partial charge >= 0.3 is 5.97 Å². The molecule has 1 aromatic rings. The summed E-state index contributed by atoms with van der Waals surface area (Å²) in [4.78, 5) is 14.0. The second kappa shape index (κ2) is 4.67. The highest BCUT2D eigenvalue weighted by molar-refractivity contribution is 5.87. The lowest BCUT2D eigenvalue weighted by molar-refractivity contribution is 0.0594. The summed E-state index contributed by atoms with van der Waals surface area (Å²) in [7, 11) is 1.37. The van der Waals surface area contributed by atoms with E-state index in [1.165, 1.54) is 7.11 Å². The second-order valence-electron chi connectivity index (χ2n) is 2.67. The molecule has 0 bridgehead atoms. The SMILES string of the molecule is CCNCc1ccc(C(=O)OC)[nH]1. The molecule has 1 heterocycles. The van der Waals surface area contributed by atoms with E-state index >= 15 is 0 Å². The number of carbonyl (C=O) groups excluding carboxylic acids is 1. The van der Waals surface area contributed by atoms with Crippen LogP contribution in [0.15, 0.2) is 12.1 Å². The molecular formula is C9H14N2O2. The second-order valence-corrected chi connectivity index (χ2v) is 2.67. The fourth-order valence-electron chi connectivity index (χ4n) is 1.03. The minimum absolute atomic E-state index is 0.331. The molecule has 0 unspecified atom stereocenters. The number of H-pyrrole nitrogens is 1. The van der Waals surface area contributed by atoms with Crippen LogP contribution in [-0.2, 0) is 11.3 Å². The molecule has 0 aliphatic rings. The summed E-state index contributed by atoms with van der Waals surface area (Å²) in [6, 6.07) is 3.59. The minimum Gasteiger partial charge on any atom is -0.464 e. The fourth-order valence-corrected chi connectivity index (χ4v) is 1.03. The van der Waals surface area contributed by atoms with Crippen molar-refractivity contribution in [3.63, 3.8) is 0 Å². The third-order valence-corrected chi connectivity index (χ3v) is 1.72. The number of hydrogen-bond acceptors (Lipinski definition) is 3. The Bertz CT molecular complexity index is 281. The van der Waals surface area contributed by atoms with Crippen molar-refractivity contribution in [1.29, 1.82) is 0 Å². The van der Waals surface area contributed by atoms with E-state index in [-0.39, 0.29) is 5.97 Å². The Kier molecular flexibility index (Phi) is 3.52. The zero-order valence-electron chi connectivity index (χ0n) is 7.89. The van der Waals surface area contributed by atoms with Gasteiger partial charge in [0.1, 0.15) is 5.69 Å². The number of aromatic nitrogens is 1. The van der Waals surface area contributed by atoms with Gasteiger partial charge in [0.25, 0.3) is 0 Å². The van der Waals surface area contributed by atoms with Crippen molar-refractivity contribution in [2.75, 3.05) is 13.7 Å². The summed E-state index contributed by atoms with van der Waals surface area (Å²) in [5, 5.41) is 3.15. The number of methoxy groups -OCH3 is 1. The Hall–Kier alpha value is -1.29. The van der Waals surface area contributed by atoms with Gasteiger partial charge in [-0.05, 0) is 18.7 Å². The van der Waals surface area contributed by atoms with Crippen molar-refractivity contribution < 1.29 is 9.53 Å². The quantitative estimate of drug-likeness (QED) is 0.680. The number of hydrogen-bond donors (Lipinski definition) is 2. The first kappa shape index (κ1) is 9.80. The molecule has 4 heteroatoms. The standard InChI is InChI=1S/C9H14N2O2/c1-3-10-6-7-4-5-8(11-7)9(12)13-2/h4-5,10-11H,3,6H2,1-2H3. The van der Waals surface area contributed by atoms with Gasteiger partial charge in [0.05, 0.1) is 7.11 Å². The lowest BCUT2D eigenvalue weighted by atomic mass is 10.4. The molecule has 1 rings (SSSR count). The van der Waals surface area contributed by atoms with Crippen LogP contribution in [0.25, 0.3) is 0 Å². The van der Waals surface area contributed by atoms with Gasteiger partial charge in [-0.25, -0.2) is 4.79 Å². The van der Waals surface area contributed by atoms with Gasteiger partial charge in [-0.3, -0.25) is 0 Å². The predicted octanol–water partition coefficient (Wildman–Crippen LogP) is 0.911. The largest absolute Gasteiger partial charge is 0.464 e. The number of nitrogens with one attached hydrogen (secondary N) is 2. The van der Waals surface area contributed by atoms with Crippen LogP contribution < -0.4 is 5.32 Å². The fraction of sp³-hybridized carbons (Fsp3) is 0.444. The van der Waals surface area contributed by atoms with Crippen molar-refractivity contribution >= 4 is 5.97 Å². The highest BCUT2D eigenvalue weighted by atomic mass is 16.5. The molecule has 2 N–H and O–H groups in total. The number of ether oxygens (including phenoxy) is 1. The molecule has 1 aromatic heterocycles. The van der Waals surface area contributed by atoms with Crippen LogP contribution in [0.4, 0.5) is 0 Å². The molecule has 0 saturated heterocycles. The Morgan fingerprint density at radius 1 is 1.62 bits per heavy atom. The summed E-state index contributed by atoms with van der Waals surface area (Å²) in [5.74, 6) is -0.331. The molecule has 0 radical (unpaired) electrons. The van der Waals surface area contributed by atoms with Crippen LogP contribution in [0.3, 0.4) is 0 Å². The highest BCUT2D eigenvalue weighted by Crippen LogP contribution is 2.02. The van der Waals surface area contributed by atoms with Crippen LogP contribution in [0, 0.1) is 0 Å². The third kappa shape index (κ3) is 2.59. The van der Waals surface area contributed by atoms with E-state index in [0.717, 1.165) is 18.8 Å². The Morgan fingerprint density at radius 2 is 2.38 bits per heavy atom. The maximum Gasteiger partial charge on any atom is 0.354 e. The average molecular weight is 182 g/mol. The summed E-state index contributed by atoms with van der Waals surface area (Å²) in [6.07, 6.45) is 0. The van der Waals surface area contributed by atoms with Gasteiger partial charge in [-0.1, -0.05) is 6.92 Å². The normalized spacial score (nSPS) is 10.0. The van der Waals surface area contributed by atoms with Crippen LogP contribution in [0.5, 0.6) is 0 Å². The van der Waals surface area contributed by atoms with Gasteiger partial charge in [0, 0.05) is 12.2 Å². The molecule has 4 nitrogen and oxygen atoms in total. The molecule has 0 atom stereocenters. The van der Waals surface area contributed by atoms with Crippen molar-refractivity contribution in [3.8, 4) is 0 Å². The minimum atomic E-state index is -0.331. The maximum absolute atomic E-state index is 11.0. The molecule has 0 spiro atoms. The first-order valence-electron chi connectivity index (χ1n) is 4.24. The van der Waals surface area contributed by atoms with E-state index in [1.54, 1.807) is 6.07 Å². The Labute approximate surface area is 77.3 Å². The summed E-state index contributed by atoms with van der Waals surface area (Å²) < 4.78 is 4.56. The number of carbonyl (C=O) groups is 1. The summed E-state index contributed by atoms with van der Waals surface area (Å²) in [5.41, 5.74) is 1.48. The zero-order chi connectivity index (χ0) is 9.68. The first-order valence-corrected chi connectivity index (χ1v) is 4.24. The van der Waals surface area contributed by atoms with E-state index < -0.39 is 0 Å². The average Bonchev–Trinajstić information content (AvgIpc) is 2.62. The predicted molar refractivity (Wildman–Crippen MR) is 49.5 cm³/mol.